The van der Waals surface area contributed by atoms with Gasteiger partial charge in [0.05, 0.1) is 11.8 Å². The van der Waals surface area contributed by atoms with Crippen molar-refractivity contribution >= 4 is 17.5 Å². The minimum atomic E-state index is -0.174. The van der Waals surface area contributed by atoms with Gasteiger partial charge < -0.3 is 10.6 Å². The molecule has 1 aliphatic rings. The van der Waals surface area contributed by atoms with Gasteiger partial charge in [-0.2, -0.15) is 0 Å². The molecular formula is C16H22N2O2. The standard InChI is InChI=1S/C16H22N2O2/c1-4-8-17-15(19)12-9-13(12)16(20)18-14-7-5-6-10(2)11(14)3/h5-7,12-13H,4,8-9H2,1-3H3,(H,17,19)(H,18,20). The zero-order chi connectivity index (χ0) is 14.7. The Morgan fingerprint density at radius 3 is 2.60 bits per heavy atom. The van der Waals surface area contributed by atoms with E-state index in [-0.39, 0.29) is 23.7 Å². The molecule has 0 aliphatic heterocycles. The number of nitrogens with one attached hydrogen (secondary N) is 2. The van der Waals surface area contributed by atoms with E-state index < -0.39 is 0 Å². The van der Waals surface area contributed by atoms with Gasteiger partial charge in [-0.3, -0.25) is 9.59 Å². The summed E-state index contributed by atoms with van der Waals surface area (Å²) in [5.74, 6) is -0.359. The minimum absolute atomic E-state index is 0.00737. The van der Waals surface area contributed by atoms with Gasteiger partial charge in [-0.15, -0.1) is 0 Å². The Morgan fingerprint density at radius 1 is 1.20 bits per heavy atom. The first-order chi connectivity index (χ1) is 9.54. The molecule has 1 aromatic rings. The topological polar surface area (TPSA) is 58.2 Å². The van der Waals surface area contributed by atoms with Crippen LogP contribution in [0, 0.1) is 25.7 Å². The van der Waals surface area contributed by atoms with Gasteiger partial charge in [0.15, 0.2) is 0 Å². The van der Waals surface area contributed by atoms with Gasteiger partial charge in [-0.25, -0.2) is 0 Å². The molecule has 0 bridgehead atoms. The van der Waals surface area contributed by atoms with Crippen molar-refractivity contribution in [2.24, 2.45) is 11.8 Å². The van der Waals surface area contributed by atoms with Crippen LogP contribution in [-0.4, -0.2) is 18.4 Å². The number of carbonyl (C=O) groups is 2. The van der Waals surface area contributed by atoms with E-state index in [0.29, 0.717) is 13.0 Å². The summed E-state index contributed by atoms with van der Waals surface area (Å²) in [5.41, 5.74) is 3.07. The monoisotopic (exact) mass is 274 g/mol. The van der Waals surface area contributed by atoms with Crippen molar-refractivity contribution in [2.45, 2.75) is 33.6 Å². The van der Waals surface area contributed by atoms with Crippen LogP contribution in [0.2, 0.25) is 0 Å². The van der Waals surface area contributed by atoms with Crippen LogP contribution in [-0.2, 0) is 9.59 Å². The van der Waals surface area contributed by atoms with Crippen LogP contribution >= 0.6 is 0 Å². The Morgan fingerprint density at radius 2 is 1.90 bits per heavy atom. The third kappa shape index (κ3) is 3.18. The molecule has 0 saturated heterocycles. The average molecular weight is 274 g/mol. The fourth-order valence-electron chi connectivity index (χ4n) is 2.27. The molecular weight excluding hydrogens is 252 g/mol. The van der Waals surface area contributed by atoms with E-state index in [4.69, 9.17) is 0 Å². The first kappa shape index (κ1) is 14.6. The van der Waals surface area contributed by atoms with Crippen LogP contribution < -0.4 is 10.6 Å². The van der Waals surface area contributed by atoms with Crippen LogP contribution in [0.4, 0.5) is 5.69 Å². The molecule has 20 heavy (non-hydrogen) atoms. The van der Waals surface area contributed by atoms with Crippen molar-refractivity contribution in [3.05, 3.63) is 29.3 Å². The Hall–Kier alpha value is -1.84. The van der Waals surface area contributed by atoms with Gasteiger partial charge in [0.1, 0.15) is 0 Å². The highest BCUT2D eigenvalue weighted by Crippen LogP contribution is 2.39. The largest absolute Gasteiger partial charge is 0.356 e. The summed E-state index contributed by atoms with van der Waals surface area (Å²) in [6.45, 7) is 6.70. The summed E-state index contributed by atoms with van der Waals surface area (Å²) in [7, 11) is 0. The molecule has 2 N–H and O–H groups in total. The van der Waals surface area contributed by atoms with E-state index in [1.807, 2.05) is 39.0 Å². The second-order valence-corrected chi connectivity index (χ2v) is 5.48. The van der Waals surface area contributed by atoms with Crippen LogP contribution in [0.5, 0.6) is 0 Å². The second-order valence-electron chi connectivity index (χ2n) is 5.48. The van der Waals surface area contributed by atoms with Gasteiger partial charge in [-0.1, -0.05) is 19.1 Å². The highest BCUT2D eigenvalue weighted by molar-refractivity contribution is 5.99. The third-order valence-corrected chi connectivity index (χ3v) is 3.88. The maximum Gasteiger partial charge on any atom is 0.228 e. The molecule has 1 aliphatic carbocycles. The van der Waals surface area contributed by atoms with Crippen molar-refractivity contribution in [3.8, 4) is 0 Å². The predicted molar refractivity (Wildman–Crippen MR) is 79.4 cm³/mol. The molecule has 2 amide bonds. The van der Waals surface area contributed by atoms with Crippen molar-refractivity contribution in [1.82, 2.24) is 5.32 Å². The predicted octanol–water partition coefficient (Wildman–Crippen LogP) is 2.40. The number of aryl methyl sites for hydroxylation is 1. The van der Waals surface area contributed by atoms with E-state index in [0.717, 1.165) is 23.2 Å². The van der Waals surface area contributed by atoms with Crippen LogP contribution in [0.25, 0.3) is 0 Å². The van der Waals surface area contributed by atoms with Crippen LogP contribution in [0.15, 0.2) is 18.2 Å². The summed E-state index contributed by atoms with van der Waals surface area (Å²) in [5, 5.41) is 5.78. The summed E-state index contributed by atoms with van der Waals surface area (Å²) in [6, 6.07) is 5.84. The molecule has 2 atom stereocenters. The lowest BCUT2D eigenvalue weighted by atomic mass is 10.1. The van der Waals surface area contributed by atoms with Gasteiger partial charge in [-0.05, 0) is 43.9 Å². The quantitative estimate of drug-likeness (QED) is 0.866. The molecule has 4 heteroatoms. The molecule has 1 fully saturated rings. The lowest BCUT2D eigenvalue weighted by Crippen LogP contribution is -2.28. The Kier molecular flexibility index (Phi) is 4.42. The average Bonchev–Trinajstić information content (AvgIpc) is 3.21. The van der Waals surface area contributed by atoms with E-state index >= 15 is 0 Å². The number of rotatable bonds is 5. The molecule has 0 radical (unpaired) electrons. The normalized spacial score (nSPS) is 20.4. The van der Waals surface area contributed by atoms with Gasteiger partial charge >= 0.3 is 0 Å². The number of amides is 2. The molecule has 4 nitrogen and oxygen atoms in total. The molecule has 1 aromatic carbocycles. The zero-order valence-electron chi connectivity index (χ0n) is 12.3. The summed E-state index contributed by atoms with van der Waals surface area (Å²) in [4.78, 5) is 23.9. The summed E-state index contributed by atoms with van der Waals surface area (Å²) in [6.07, 6.45) is 1.57. The number of hydrogen-bond acceptors (Lipinski definition) is 2. The number of carbonyl (C=O) groups excluding carboxylic acids is 2. The van der Waals surface area contributed by atoms with Gasteiger partial charge in [0.25, 0.3) is 0 Å². The van der Waals surface area contributed by atoms with E-state index in [1.54, 1.807) is 0 Å². The van der Waals surface area contributed by atoms with Crippen LogP contribution in [0.1, 0.15) is 30.9 Å². The maximum absolute atomic E-state index is 12.1. The highest BCUT2D eigenvalue weighted by atomic mass is 16.2. The first-order valence-corrected chi connectivity index (χ1v) is 7.19. The van der Waals surface area contributed by atoms with Gasteiger partial charge in [0.2, 0.25) is 11.8 Å². The van der Waals surface area contributed by atoms with Crippen molar-refractivity contribution in [2.75, 3.05) is 11.9 Å². The summed E-state index contributed by atoms with van der Waals surface area (Å²) < 4.78 is 0. The highest BCUT2D eigenvalue weighted by Gasteiger charge is 2.47. The third-order valence-electron chi connectivity index (χ3n) is 3.88. The van der Waals surface area contributed by atoms with Crippen molar-refractivity contribution in [1.29, 1.82) is 0 Å². The maximum atomic E-state index is 12.1. The lowest BCUT2D eigenvalue weighted by molar-refractivity contribution is -0.125. The molecule has 2 rings (SSSR count). The second kappa shape index (κ2) is 6.07. The van der Waals surface area contributed by atoms with Crippen LogP contribution in [0.3, 0.4) is 0 Å². The first-order valence-electron chi connectivity index (χ1n) is 7.19. The van der Waals surface area contributed by atoms with E-state index in [2.05, 4.69) is 10.6 Å². The lowest BCUT2D eigenvalue weighted by Gasteiger charge is -2.10. The van der Waals surface area contributed by atoms with E-state index in [9.17, 15) is 9.59 Å². The van der Waals surface area contributed by atoms with E-state index in [1.165, 1.54) is 0 Å². The van der Waals surface area contributed by atoms with Crippen molar-refractivity contribution in [3.63, 3.8) is 0 Å². The molecule has 0 spiro atoms. The SMILES string of the molecule is CCCNC(=O)C1CC1C(=O)Nc1cccc(C)c1C. The molecule has 2 unspecified atom stereocenters. The minimum Gasteiger partial charge on any atom is -0.356 e. The smallest absolute Gasteiger partial charge is 0.228 e. The Bertz CT molecular complexity index is 525. The molecule has 108 valence electrons. The fourth-order valence-corrected chi connectivity index (χ4v) is 2.27. The Balaban J connectivity index is 1.91. The molecule has 0 aromatic heterocycles. The summed E-state index contributed by atoms with van der Waals surface area (Å²) >= 11 is 0. The fraction of sp³-hybridized carbons (Fsp3) is 0.500. The number of hydrogen-bond donors (Lipinski definition) is 2. The Labute approximate surface area is 119 Å². The van der Waals surface area contributed by atoms with Crippen molar-refractivity contribution < 1.29 is 9.59 Å². The zero-order valence-corrected chi connectivity index (χ0v) is 12.3. The molecule has 1 saturated carbocycles. The van der Waals surface area contributed by atoms with Gasteiger partial charge in [0, 0.05) is 12.2 Å². The molecule has 0 heterocycles. The number of benzene rings is 1. The number of anilines is 1.